The third kappa shape index (κ3) is 3.88. The van der Waals surface area contributed by atoms with E-state index in [-0.39, 0.29) is 35.4 Å². The Morgan fingerprint density at radius 1 is 1.21 bits per heavy atom. The SMILES string of the molecule is CCCCCC(=O)O[C@]1(C(=O)C(O)Cl)CC[C@H]2[C@@H]3CCC4=CC(=O)CC[C@]4(C)[C@H]3[C@@H](O)C[C@@]21C. The Labute approximate surface area is 207 Å². The second kappa shape index (κ2) is 9.33. The highest BCUT2D eigenvalue weighted by Crippen LogP contribution is 2.68. The summed E-state index contributed by atoms with van der Waals surface area (Å²) < 4.78 is 6.01. The van der Waals surface area contributed by atoms with Gasteiger partial charge in [-0.05, 0) is 74.2 Å². The van der Waals surface area contributed by atoms with E-state index in [0.717, 1.165) is 37.7 Å². The van der Waals surface area contributed by atoms with Gasteiger partial charge in [0.15, 0.2) is 16.9 Å². The number of carbonyl (C=O) groups is 3. The van der Waals surface area contributed by atoms with E-state index in [0.29, 0.717) is 32.1 Å². The molecule has 4 rings (SSSR count). The summed E-state index contributed by atoms with van der Waals surface area (Å²) >= 11 is 5.91. The molecule has 34 heavy (non-hydrogen) atoms. The van der Waals surface area contributed by atoms with Crippen molar-refractivity contribution in [3.63, 3.8) is 0 Å². The van der Waals surface area contributed by atoms with Crippen molar-refractivity contribution < 1.29 is 29.3 Å². The van der Waals surface area contributed by atoms with E-state index in [1.165, 1.54) is 0 Å². The molecule has 0 spiro atoms. The molecule has 0 aromatic rings. The summed E-state index contributed by atoms with van der Waals surface area (Å²) in [5, 5.41) is 21.7. The molecule has 0 aliphatic heterocycles. The first-order chi connectivity index (χ1) is 16.0. The van der Waals surface area contributed by atoms with Gasteiger partial charge in [0.25, 0.3) is 0 Å². The zero-order chi connectivity index (χ0) is 24.9. The lowest BCUT2D eigenvalue weighted by atomic mass is 9.45. The Morgan fingerprint density at radius 3 is 2.62 bits per heavy atom. The second-order valence-corrected chi connectivity index (χ2v) is 12.0. The van der Waals surface area contributed by atoms with Crippen LogP contribution in [0.5, 0.6) is 0 Å². The van der Waals surface area contributed by atoms with Crippen LogP contribution in [0.3, 0.4) is 0 Å². The summed E-state index contributed by atoms with van der Waals surface area (Å²) in [7, 11) is 0. The van der Waals surface area contributed by atoms with Gasteiger partial charge in [0.2, 0.25) is 5.78 Å². The van der Waals surface area contributed by atoms with Gasteiger partial charge >= 0.3 is 5.97 Å². The molecule has 8 atom stereocenters. The second-order valence-electron chi connectivity index (χ2n) is 11.6. The predicted molar refractivity (Wildman–Crippen MR) is 128 cm³/mol. The van der Waals surface area contributed by atoms with Gasteiger partial charge in [-0.25, -0.2) is 0 Å². The Bertz CT molecular complexity index is 882. The van der Waals surface area contributed by atoms with Crippen molar-refractivity contribution in [2.75, 3.05) is 0 Å². The molecule has 0 bridgehead atoms. The fraction of sp³-hybridized carbons (Fsp3) is 0.815. The van der Waals surface area contributed by atoms with Gasteiger partial charge in [0.1, 0.15) is 0 Å². The zero-order valence-electron chi connectivity index (χ0n) is 20.6. The first-order valence-electron chi connectivity index (χ1n) is 13.0. The number of esters is 1. The first-order valence-corrected chi connectivity index (χ1v) is 13.4. The maximum atomic E-state index is 13.4. The first kappa shape index (κ1) is 25.8. The number of halogens is 1. The van der Waals surface area contributed by atoms with Crippen LogP contribution in [0.25, 0.3) is 0 Å². The summed E-state index contributed by atoms with van der Waals surface area (Å²) in [5.74, 6) is -0.753. The highest BCUT2D eigenvalue weighted by molar-refractivity contribution is 6.31. The molecule has 3 saturated carbocycles. The van der Waals surface area contributed by atoms with E-state index >= 15 is 0 Å². The van der Waals surface area contributed by atoms with E-state index in [2.05, 4.69) is 13.8 Å². The molecule has 0 aromatic carbocycles. The van der Waals surface area contributed by atoms with Crippen molar-refractivity contribution in [1.82, 2.24) is 0 Å². The van der Waals surface area contributed by atoms with Crippen LogP contribution < -0.4 is 0 Å². The molecule has 0 saturated heterocycles. The number of fused-ring (bicyclic) bond motifs is 5. The van der Waals surface area contributed by atoms with Gasteiger partial charge in [-0.15, -0.1) is 0 Å². The molecule has 1 unspecified atom stereocenters. The zero-order valence-corrected chi connectivity index (χ0v) is 21.4. The fourth-order valence-corrected chi connectivity index (χ4v) is 8.43. The topological polar surface area (TPSA) is 101 Å². The van der Waals surface area contributed by atoms with E-state index < -0.39 is 34.4 Å². The number of ether oxygens (including phenoxy) is 1. The highest BCUT2D eigenvalue weighted by Gasteiger charge is 2.71. The summed E-state index contributed by atoms with van der Waals surface area (Å²) in [6, 6.07) is 0. The number of hydrogen-bond donors (Lipinski definition) is 2. The lowest BCUT2D eigenvalue weighted by Crippen LogP contribution is -2.63. The molecule has 2 N–H and O–H groups in total. The molecule has 0 radical (unpaired) electrons. The van der Waals surface area contributed by atoms with E-state index in [1.54, 1.807) is 6.08 Å². The minimum Gasteiger partial charge on any atom is -0.450 e. The van der Waals surface area contributed by atoms with Crippen LogP contribution in [0.2, 0.25) is 0 Å². The molecule has 6 nitrogen and oxygen atoms in total. The summed E-state index contributed by atoms with van der Waals surface area (Å²) in [4.78, 5) is 38.3. The molecule has 4 aliphatic rings. The molecule has 7 heteroatoms. The van der Waals surface area contributed by atoms with Crippen LogP contribution in [-0.2, 0) is 19.1 Å². The van der Waals surface area contributed by atoms with Crippen LogP contribution >= 0.6 is 11.6 Å². The van der Waals surface area contributed by atoms with Gasteiger partial charge in [-0.1, -0.05) is 50.8 Å². The third-order valence-corrected chi connectivity index (χ3v) is 10.1. The standard InChI is InChI=1S/C27H39ClO6/c1-4-5-6-7-21(31)34-27(23(32)24(28)33)13-11-19-18-9-8-16-14-17(29)10-12-25(16,2)22(18)20(30)15-26(19,27)3/h14,18-20,22,24,30,33H,4-13,15H2,1-3H3/t18-,19-,20-,22+,24?,25-,26-,27-/m0/s1. The van der Waals surface area contributed by atoms with Gasteiger partial charge in [0.05, 0.1) is 6.10 Å². The molecule has 4 aliphatic carbocycles. The molecule has 0 amide bonds. The Morgan fingerprint density at radius 2 is 1.94 bits per heavy atom. The minimum absolute atomic E-state index is 0.00856. The van der Waals surface area contributed by atoms with Crippen molar-refractivity contribution in [3.8, 4) is 0 Å². The van der Waals surface area contributed by atoms with Gasteiger partial charge in [-0.3, -0.25) is 14.4 Å². The van der Waals surface area contributed by atoms with Crippen molar-refractivity contribution in [3.05, 3.63) is 11.6 Å². The van der Waals surface area contributed by atoms with Gasteiger partial charge < -0.3 is 14.9 Å². The largest absolute Gasteiger partial charge is 0.450 e. The maximum Gasteiger partial charge on any atom is 0.306 e. The number of Topliss-reactive ketones (excluding diaryl/α,β-unsaturated/α-hetero) is 1. The van der Waals surface area contributed by atoms with Gasteiger partial charge in [0, 0.05) is 18.3 Å². The number of aliphatic hydroxyl groups excluding tert-OH is 2. The third-order valence-electron chi connectivity index (χ3n) is 9.90. The number of allylic oxidation sites excluding steroid dienone is 1. The molecule has 0 heterocycles. The van der Waals surface area contributed by atoms with Crippen molar-refractivity contribution in [2.45, 2.75) is 109 Å². The number of carbonyl (C=O) groups excluding carboxylic acids is 3. The molecule has 0 aromatic heterocycles. The summed E-state index contributed by atoms with van der Waals surface area (Å²) in [6.07, 6.45) is 8.00. The predicted octanol–water partition coefficient (Wildman–Crippen LogP) is 4.48. The molecule has 3 fully saturated rings. The van der Waals surface area contributed by atoms with Crippen LogP contribution in [0.15, 0.2) is 11.6 Å². The highest BCUT2D eigenvalue weighted by atomic mass is 35.5. The van der Waals surface area contributed by atoms with Crippen LogP contribution in [0.4, 0.5) is 0 Å². The normalized spacial score (nSPS) is 42.2. The maximum absolute atomic E-state index is 13.4. The quantitative estimate of drug-likeness (QED) is 0.307. The lowest BCUT2D eigenvalue weighted by molar-refractivity contribution is -0.203. The summed E-state index contributed by atoms with van der Waals surface area (Å²) in [5.41, 5.74) is -3.21. The Kier molecular flexibility index (Phi) is 7.09. The fourth-order valence-electron chi connectivity index (χ4n) is 8.26. The number of unbranched alkanes of at least 4 members (excludes halogenated alkanes) is 2. The van der Waals surface area contributed by atoms with Gasteiger partial charge in [-0.2, -0.15) is 0 Å². The summed E-state index contributed by atoms with van der Waals surface area (Å²) in [6.45, 7) is 6.17. The smallest absolute Gasteiger partial charge is 0.306 e. The molecule has 190 valence electrons. The Balaban J connectivity index is 1.68. The molecular weight excluding hydrogens is 456 g/mol. The molecular formula is C27H39ClO6. The number of alkyl halides is 1. The van der Waals surface area contributed by atoms with Crippen molar-refractivity contribution in [1.29, 1.82) is 0 Å². The van der Waals surface area contributed by atoms with Crippen LogP contribution in [0, 0.1) is 28.6 Å². The monoisotopic (exact) mass is 494 g/mol. The number of aliphatic hydroxyl groups is 2. The lowest BCUT2D eigenvalue weighted by Gasteiger charge is -2.60. The van der Waals surface area contributed by atoms with Crippen LogP contribution in [0.1, 0.15) is 91.4 Å². The van der Waals surface area contributed by atoms with E-state index in [9.17, 15) is 24.6 Å². The number of hydrogen-bond acceptors (Lipinski definition) is 6. The number of rotatable bonds is 7. The van der Waals surface area contributed by atoms with Crippen LogP contribution in [-0.4, -0.2) is 45.0 Å². The van der Waals surface area contributed by atoms with E-state index in [4.69, 9.17) is 16.3 Å². The Hall–Kier alpha value is -1.24. The average Bonchev–Trinajstić information content (AvgIpc) is 3.05. The number of ketones is 2. The van der Waals surface area contributed by atoms with E-state index in [1.807, 2.05) is 6.92 Å². The van der Waals surface area contributed by atoms with Crippen molar-refractivity contribution in [2.24, 2.45) is 28.6 Å². The van der Waals surface area contributed by atoms with Crippen molar-refractivity contribution >= 4 is 29.1 Å². The average molecular weight is 495 g/mol. The minimum atomic E-state index is -1.77.